The number of nitrogens with one attached hydrogen (secondary N) is 2. The maximum Gasteiger partial charge on any atom is 0.228 e. The van der Waals surface area contributed by atoms with E-state index in [9.17, 15) is 4.79 Å². The number of benzene rings is 2. The summed E-state index contributed by atoms with van der Waals surface area (Å²) in [6, 6.07) is 15.1. The van der Waals surface area contributed by atoms with Gasteiger partial charge in [0.15, 0.2) is 0 Å². The molecule has 0 radical (unpaired) electrons. The zero-order chi connectivity index (χ0) is 16.1. The molecule has 3 aromatic rings. The summed E-state index contributed by atoms with van der Waals surface area (Å²) in [5, 5.41) is 2.92. The number of aromatic amines is 1. The Hall–Kier alpha value is -3.08. The van der Waals surface area contributed by atoms with Crippen molar-refractivity contribution in [2.24, 2.45) is 0 Å². The molecule has 0 saturated heterocycles. The number of ether oxygens (including phenoxy) is 1. The van der Waals surface area contributed by atoms with Gasteiger partial charge in [0.25, 0.3) is 0 Å². The van der Waals surface area contributed by atoms with Crippen LogP contribution in [-0.4, -0.2) is 23.0 Å². The lowest BCUT2D eigenvalue weighted by Crippen LogP contribution is -2.14. The lowest BCUT2D eigenvalue weighted by atomic mass is 10.1. The van der Waals surface area contributed by atoms with E-state index in [4.69, 9.17) is 4.74 Å². The number of nitrogens with zero attached hydrogens (tertiary/aromatic N) is 1. The largest absolute Gasteiger partial charge is 0.497 e. The van der Waals surface area contributed by atoms with Crippen molar-refractivity contribution in [1.82, 2.24) is 9.97 Å². The Morgan fingerprint density at radius 2 is 2.04 bits per heavy atom. The zero-order valence-corrected chi connectivity index (χ0v) is 12.7. The van der Waals surface area contributed by atoms with Crippen molar-refractivity contribution in [3.63, 3.8) is 0 Å². The fraction of sp³-hybridized carbons (Fsp3) is 0.111. The minimum atomic E-state index is -0.0584. The fourth-order valence-electron chi connectivity index (χ4n) is 2.31. The van der Waals surface area contributed by atoms with Crippen LogP contribution >= 0.6 is 0 Å². The van der Waals surface area contributed by atoms with E-state index in [1.807, 2.05) is 48.5 Å². The second-order valence-corrected chi connectivity index (χ2v) is 5.12. The topological polar surface area (TPSA) is 67.0 Å². The SMILES string of the molecule is COc1ccc(CC(=O)Nc2cccc(-c3cnc[nH]3)c2)cc1. The van der Waals surface area contributed by atoms with E-state index in [1.165, 1.54) is 0 Å². The molecule has 0 spiro atoms. The Bertz CT molecular complexity index is 780. The normalized spacial score (nSPS) is 10.3. The first-order valence-corrected chi connectivity index (χ1v) is 7.26. The van der Waals surface area contributed by atoms with Crippen molar-refractivity contribution < 1.29 is 9.53 Å². The van der Waals surface area contributed by atoms with Crippen molar-refractivity contribution in [1.29, 1.82) is 0 Å². The Morgan fingerprint density at radius 3 is 2.74 bits per heavy atom. The highest BCUT2D eigenvalue weighted by atomic mass is 16.5. The van der Waals surface area contributed by atoms with Gasteiger partial charge < -0.3 is 15.0 Å². The number of carbonyl (C=O) groups excluding carboxylic acids is 1. The number of imidazole rings is 1. The quantitative estimate of drug-likeness (QED) is 0.760. The number of amides is 1. The van der Waals surface area contributed by atoms with Gasteiger partial charge in [-0.15, -0.1) is 0 Å². The van der Waals surface area contributed by atoms with E-state index in [0.717, 1.165) is 28.3 Å². The molecule has 0 bridgehead atoms. The average molecular weight is 307 g/mol. The van der Waals surface area contributed by atoms with Gasteiger partial charge in [-0.25, -0.2) is 4.98 Å². The van der Waals surface area contributed by atoms with Crippen LogP contribution in [0.5, 0.6) is 5.75 Å². The minimum Gasteiger partial charge on any atom is -0.497 e. The van der Waals surface area contributed by atoms with Gasteiger partial charge in [-0.1, -0.05) is 24.3 Å². The maximum absolute atomic E-state index is 12.2. The third-order valence-corrected chi connectivity index (χ3v) is 3.48. The summed E-state index contributed by atoms with van der Waals surface area (Å²) in [7, 11) is 1.62. The number of hydrogen-bond donors (Lipinski definition) is 2. The molecular formula is C18H17N3O2. The van der Waals surface area contributed by atoms with Crippen LogP contribution in [0.3, 0.4) is 0 Å². The van der Waals surface area contributed by atoms with Crippen LogP contribution in [-0.2, 0) is 11.2 Å². The van der Waals surface area contributed by atoms with Crippen LogP contribution in [0.15, 0.2) is 61.1 Å². The Labute approximate surface area is 134 Å². The van der Waals surface area contributed by atoms with Gasteiger partial charge in [0.1, 0.15) is 5.75 Å². The van der Waals surface area contributed by atoms with Crippen molar-refractivity contribution >= 4 is 11.6 Å². The number of methoxy groups -OCH3 is 1. The van der Waals surface area contributed by atoms with Crippen LogP contribution < -0.4 is 10.1 Å². The lowest BCUT2D eigenvalue weighted by molar-refractivity contribution is -0.115. The van der Waals surface area contributed by atoms with Crippen LogP contribution in [0.4, 0.5) is 5.69 Å². The van der Waals surface area contributed by atoms with E-state index < -0.39 is 0 Å². The molecule has 23 heavy (non-hydrogen) atoms. The molecule has 1 amide bonds. The van der Waals surface area contributed by atoms with Crippen molar-refractivity contribution in [2.75, 3.05) is 12.4 Å². The monoisotopic (exact) mass is 307 g/mol. The standard InChI is InChI=1S/C18H17N3O2/c1-23-16-7-5-13(6-8-16)9-18(22)21-15-4-2-3-14(10-15)17-11-19-12-20-17/h2-8,10-12H,9H2,1H3,(H,19,20)(H,21,22). The molecule has 2 N–H and O–H groups in total. The summed E-state index contributed by atoms with van der Waals surface area (Å²) in [5.74, 6) is 0.721. The molecule has 0 aliphatic heterocycles. The molecule has 5 heteroatoms. The summed E-state index contributed by atoms with van der Waals surface area (Å²) in [5.41, 5.74) is 3.59. The molecule has 0 unspecified atom stereocenters. The third kappa shape index (κ3) is 3.77. The first-order valence-electron chi connectivity index (χ1n) is 7.26. The lowest BCUT2D eigenvalue weighted by Gasteiger charge is -2.07. The predicted molar refractivity (Wildman–Crippen MR) is 89.4 cm³/mol. The highest BCUT2D eigenvalue weighted by Crippen LogP contribution is 2.20. The molecule has 0 atom stereocenters. The molecular weight excluding hydrogens is 290 g/mol. The highest BCUT2D eigenvalue weighted by molar-refractivity contribution is 5.92. The number of rotatable bonds is 5. The van der Waals surface area contributed by atoms with Gasteiger partial charge in [0.05, 0.1) is 31.7 Å². The van der Waals surface area contributed by atoms with Crippen LogP contribution in [0, 0.1) is 0 Å². The second kappa shape index (κ2) is 6.79. The predicted octanol–water partition coefficient (Wildman–Crippen LogP) is 3.27. The van der Waals surface area contributed by atoms with Gasteiger partial charge in [0, 0.05) is 11.3 Å². The van der Waals surface area contributed by atoms with Crippen LogP contribution in [0.2, 0.25) is 0 Å². The fourth-order valence-corrected chi connectivity index (χ4v) is 2.31. The number of anilines is 1. The van der Waals surface area contributed by atoms with Gasteiger partial charge >= 0.3 is 0 Å². The first kappa shape index (κ1) is 14.8. The average Bonchev–Trinajstić information content (AvgIpc) is 3.10. The molecule has 3 rings (SSSR count). The summed E-state index contributed by atoms with van der Waals surface area (Å²) in [6.45, 7) is 0. The van der Waals surface area contributed by atoms with Gasteiger partial charge in [-0.2, -0.15) is 0 Å². The Kier molecular flexibility index (Phi) is 4.38. The molecule has 0 aliphatic rings. The minimum absolute atomic E-state index is 0.0584. The van der Waals surface area contributed by atoms with Gasteiger partial charge in [-0.3, -0.25) is 4.79 Å². The summed E-state index contributed by atoms with van der Waals surface area (Å²) in [6.07, 6.45) is 3.70. The molecule has 0 aliphatic carbocycles. The highest BCUT2D eigenvalue weighted by Gasteiger charge is 2.06. The maximum atomic E-state index is 12.2. The first-order chi connectivity index (χ1) is 11.2. The number of hydrogen-bond acceptors (Lipinski definition) is 3. The van der Waals surface area contributed by atoms with Gasteiger partial charge in [0.2, 0.25) is 5.91 Å². The summed E-state index contributed by atoms with van der Waals surface area (Å²) >= 11 is 0. The van der Waals surface area contributed by atoms with Crippen molar-refractivity contribution in [3.8, 4) is 17.0 Å². The number of aromatic nitrogens is 2. The van der Waals surface area contributed by atoms with E-state index >= 15 is 0 Å². The Morgan fingerprint density at radius 1 is 1.22 bits per heavy atom. The van der Waals surface area contributed by atoms with Crippen molar-refractivity contribution in [3.05, 3.63) is 66.6 Å². The molecule has 1 heterocycles. The molecule has 0 saturated carbocycles. The van der Waals surface area contributed by atoms with E-state index in [2.05, 4.69) is 15.3 Å². The van der Waals surface area contributed by atoms with E-state index in [1.54, 1.807) is 19.6 Å². The molecule has 0 fully saturated rings. The zero-order valence-electron chi connectivity index (χ0n) is 12.7. The number of carbonyl (C=O) groups is 1. The van der Waals surface area contributed by atoms with Crippen molar-refractivity contribution in [2.45, 2.75) is 6.42 Å². The van der Waals surface area contributed by atoms with Crippen LogP contribution in [0.1, 0.15) is 5.56 Å². The van der Waals surface area contributed by atoms with Gasteiger partial charge in [-0.05, 0) is 29.8 Å². The molecule has 116 valence electrons. The molecule has 2 aromatic carbocycles. The summed E-state index contributed by atoms with van der Waals surface area (Å²) < 4.78 is 5.11. The molecule has 1 aromatic heterocycles. The van der Waals surface area contributed by atoms with Crippen LogP contribution in [0.25, 0.3) is 11.3 Å². The second-order valence-electron chi connectivity index (χ2n) is 5.12. The van der Waals surface area contributed by atoms with E-state index in [0.29, 0.717) is 6.42 Å². The smallest absolute Gasteiger partial charge is 0.228 e. The Balaban J connectivity index is 1.66. The number of H-pyrrole nitrogens is 1. The molecule has 5 nitrogen and oxygen atoms in total. The van der Waals surface area contributed by atoms with E-state index in [-0.39, 0.29) is 5.91 Å². The summed E-state index contributed by atoms with van der Waals surface area (Å²) in [4.78, 5) is 19.2. The third-order valence-electron chi connectivity index (χ3n) is 3.48.